The van der Waals surface area contributed by atoms with Crippen LogP contribution in [0.2, 0.25) is 0 Å². The van der Waals surface area contributed by atoms with Crippen LogP contribution in [0, 0.1) is 0 Å². The van der Waals surface area contributed by atoms with Gasteiger partial charge in [-0.25, -0.2) is 0 Å². The van der Waals surface area contributed by atoms with Crippen LogP contribution in [0.1, 0.15) is 30.5 Å². The third-order valence-corrected chi connectivity index (χ3v) is 3.91. The lowest BCUT2D eigenvalue weighted by Gasteiger charge is -2.20. The van der Waals surface area contributed by atoms with Crippen LogP contribution in [0.15, 0.2) is 48.5 Å². The molecule has 1 aliphatic carbocycles. The molecule has 1 unspecified atom stereocenters. The van der Waals surface area contributed by atoms with Gasteiger partial charge in [0.1, 0.15) is 6.04 Å². The lowest BCUT2D eigenvalue weighted by atomic mass is 10.0. The molecule has 3 heteroatoms. The molecule has 0 saturated heterocycles. The average Bonchev–Trinajstić information content (AvgIpc) is 2.79. The molecule has 0 radical (unpaired) electrons. The molecule has 2 aromatic carbocycles. The number of carboxylic acids is 1. The molecular weight excluding hydrogens is 250 g/mol. The predicted octanol–water partition coefficient (Wildman–Crippen LogP) is 3.21. The van der Waals surface area contributed by atoms with Gasteiger partial charge in [-0.1, -0.05) is 55.5 Å². The van der Waals surface area contributed by atoms with Crippen molar-refractivity contribution in [3.05, 3.63) is 59.7 Å². The fourth-order valence-electron chi connectivity index (χ4n) is 2.90. The molecule has 2 N–H and O–H groups in total. The van der Waals surface area contributed by atoms with Crippen molar-refractivity contribution in [3.63, 3.8) is 0 Å². The van der Waals surface area contributed by atoms with Gasteiger partial charge in [0.05, 0.1) is 6.04 Å². The molecule has 0 bridgehead atoms. The SMILES string of the molecule is CCC(NC1c2ccccc2-c2ccccc21)C(=O)O. The fourth-order valence-corrected chi connectivity index (χ4v) is 2.90. The van der Waals surface area contributed by atoms with E-state index in [1.807, 2.05) is 31.2 Å². The second-order valence-electron chi connectivity index (χ2n) is 5.07. The highest BCUT2D eigenvalue weighted by molar-refractivity contribution is 5.79. The summed E-state index contributed by atoms with van der Waals surface area (Å²) in [5.74, 6) is -0.797. The van der Waals surface area contributed by atoms with E-state index in [9.17, 15) is 9.90 Å². The summed E-state index contributed by atoms with van der Waals surface area (Å²) in [7, 11) is 0. The molecule has 0 amide bonds. The molecule has 102 valence electrons. The Morgan fingerprint density at radius 3 is 2.05 bits per heavy atom. The van der Waals surface area contributed by atoms with Crippen molar-refractivity contribution < 1.29 is 9.90 Å². The van der Waals surface area contributed by atoms with Crippen LogP contribution in [0.4, 0.5) is 0 Å². The first-order valence-corrected chi connectivity index (χ1v) is 6.89. The Morgan fingerprint density at radius 2 is 1.60 bits per heavy atom. The molecule has 0 saturated carbocycles. The lowest BCUT2D eigenvalue weighted by Crippen LogP contribution is -2.38. The Hall–Kier alpha value is -2.13. The smallest absolute Gasteiger partial charge is 0.320 e. The first-order valence-electron chi connectivity index (χ1n) is 6.89. The summed E-state index contributed by atoms with van der Waals surface area (Å²) < 4.78 is 0. The molecule has 20 heavy (non-hydrogen) atoms. The summed E-state index contributed by atoms with van der Waals surface area (Å²) in [4.78, 5) is 11.3. The van der Waals surface area contributed by atoms with Gasteiger partial charge >= 0.3 is 5.97 Å². The standard InChI is InChI=1S/C17H17NO2/c1-2-15(17(19)20)18-16-13-9-5-3-7-11(13)12-8-4-6-10-14(12)16/h3-10,15-16,18H,2H2,1H3,(H,19,20). The van der Waals surface area contributed by atoms with E-state index in [0.29, 0.717) is 6.42 Å². The highest BCUT2D eigenvalue weighted by atomic mass is 16.4. The van der Waals surface area contributed by atoms with Crippen molar-refractivity contribution in [3.8, 4) is 11.1 Å². The van der Waals surface area contributed by atoms with Crippen LogP contribution in [0.25, 0.3) is 11.1 Å². The minimum atomic E-state index is -0.797. The van der Waals surface area contributed by atoms with E-state index < -0.39 is 12.0 Å². The molecule has 1 atom stereocenters. The van der Waals surface area contributed by atoms with Gasteiger partial charge in [0, 0.05) is 0 Å². The summed E-state index contributed by atoms with van der Waals surface area (Å²) in [5.41, 5.74) is 4.71. The van der Waals surface area contributed by atoms with E-state index in [0.717, 1.165) is 11.1 Å². The molecule has 1 aliphatic rings. The van der Waals surface area contributed by atoms with Gasteiger partial charge in [-0.15, -0.1) is 0 Å². The second-order valence-corrected chi connectivity index (χ2v) is 5.07. The van der Waals surface area contributed by atoms with Crippen molar-refractivity contribution in [2.45, 2.75) is 25.4 Å². The van der Waals surface area contributed by atoms with E-state index >= 15 is 0 Å². The summed E-state index contributed by atoms with van der Waals surface area (Å²) in [6.07, 6.45) is 0.566. The van der Waals surface area contributed by atoms with Crippen molar-refractivity contribution >= 4 is 5.97 Å². The van der Waals surface area contributed by atoms with E-state index in [1.165, 1.54) is 11.1 Å². The molecular formula is C17H17NO2. The van der Waals surface area contributed by atoms with Gasteiger partial charge in [-0.2, -0.15) is 0 Å². The number of aliphatic carboxylic acids is 1. The summed E-state index contributed by atoms with van der Waals surface area (Å²) >= 11 is 0. The quantitative estimate of drug-likeness (QED) is 0.894. The van der Waals surface area contributed by atoms with Crippen molar-refractivity contribution in [2.24, 2.45) is 0 Å². The average molecular weight is 267 g/mol. The van der Waals surface area contributed by atoms with E-state index in [4.69, 9.17) is 0 Å². The maximum absolute atomic E-state index is 11.3. The minimum absolute atomic E-state index is 0.0385. The molecule has 0 aromatic heterocycles. The Labute approximate surface area is 118 Å². The van der Waals surface area contributed by atoms with Crippen LogP contribution >= 0.6 is 0 Å². The third kappa shape index (κ3) is 2.00. The second kappa shape index (κ2) is 5.10. The summed E-state index contributed by atoms with van der Waals surface area (Å²) in [6, 6.07) is 15.8. The number of hydrogen-bond donors (Lipinski definition) is 2. The highest BCUT2D eigenvalue weighted by Gasteiger charge is 2.30. The minimum Gasteiger partial charge on any atom is -0.480 e. The maximum Gasteiger partial charge on any atom is 0.320 e. The van der Waals surface area contributed by atoms with Crippen LogP contribution < -0.4 is 5.32 Å². The maximum atomic E-state index is 11.3. The number of hydrogen-bond acceptors (Lipinski definition) is 2. The van der Waals surface area contributed by atoms with Gasteiger partial charge in [0.15, 0.2) is 0 Å². The van der Waals surface area contributed by atoms with Gasteiger partial charge < -0.3 is 5.11 Å². The number of carboxylic acid groups (broad SMARTS) is 1. The number of nitrogens with one attached hydrogen (secondary N) is 1. The summed E-state index contributed by atoms with van der Waals surface area (Å²) in [6.45, 7) is 1.89. The molecule has 0 fully saturated rings. The zero-order valence-electron chi connectivity index (χ0n) is 11.3. The first-order chi connectivity index (χ1) is 9.72. The number of carbonyl (C=O) groups is 1. The summed E-state index contributed by atoms with van der Waals surface area (Å²) in [5, 5.41) is 12.5. The molecule has 0 heterocycles. The Morgan fingerprint density at radius 1 is 1.10 bits per heavy atom. The monoisotopic (exact) mass is 267 g/mol. The van der Waals surface area contributed by atoms with Crippen molar-refractivity contribution in [1.82, 2.24) is 5.32 Å². The van der Waals surface area contributed by atoms with E-state index in [2.05, 4.69) is 29.6 Å². The van der Waals surface area contributed by atoms with Crippen LogP contribution in [0.3, 0.4) is 0 Å². The number of fused-ring (bicyclic) bond motifs is 3. The van der Waals surface area contributed by atoms with Gasteiger partial charge in [0.2, 0.25) is 0 Å². The Bertz CT molecular complexity index is 605. The van der Waals surface area contributed by atoms with E-state index in [1.54, 1.807) is 0 Å². The molecule has 2 aromatic rings. The molecule has 3 nitrogen and oxygen atoms in total. The van der Waals surface area contributed by atoms with Gasteiger partial charge in [-0.05, 0) is 28.7 Å². The van der Waals surface area contributed by atoms with Crippen molar-refractivity contribution in [2.75, 3.05) is 0 Å². The largest absolute Gasteiger partial charge is 0.480 e. The molecule has 0 aliphatic heterocycles. The van der Waals surface area contributed by atoms with Gasteiger partial charge in [0.25, 0.3) is 0 Å². The number of rotatable bonds is 4. The zero-order chi connectivity index (χ0) is 14.1. The first kappa shape index (κ1) is 12.9. The molecule has 0 spiro atoms. The molecule has 3 rings (SSSR count). The zero-order valence-corrected chi connectivity index (χ0v) is 11.3. The van der Waals surface area contributed by atoms with Crippen molar-refractivity contribution in [1.29, 1.82) is 0 Å². The van der Waals surface area contributed by atoms with Crippen LogP contribution in [-0.2, 0) is 4.79 Å². The topological polar surface area (TPSA) is 49.3 Å². The fraction of sp³-hybridized carbons (Fsp3) is 0.235. The Balaban J connectivity index is 2.05. The number of benzene rings is 2. The van der Waals surface area contributed by atoms with Gasteiger partial charge in [-0.3, -0.25) is 10.1 Å². The Kier molecular flexibility index (Phi) is 3.28. The normalized spacial score (nSPS) is 14.7. The lowest BCUT2D eigenvalue weighted by molar-refractivity contribution is -0.139. The van der Waals surface area contributed by atoms with Crippen LogP contribution in [-0.4, -0.2) is 17.1 Å². The predicted molar refractivity (Wildman–Crippen MR) is 78.6 cm³/mol. The highest BCUT2D eigenvalue weighted by Crippen LogP contribution is 2.43. The van der Waals surface area contributed by atoms with Crippen LogP contribution in [0.5, 0.6) is 0 Å². The van der Waals surface area contributed by atoms with E-state index in [-0.39, 0.29) is 6.04 Å². The third-order valence-electron chi connectivity index (χ3n) is 3.91.